The lowest BCUT2D eigenvalue weighted by molar-refractivity contribution is -0.384. The maximum atomic E-state index is 12.9. The molecule has 5 atom stereocenters. The SMILES string of the molecule is CC1(C)O[C@@H]2O[C@H](C(=O)NCC(=O)Nc3cccc([N+](=O)[O-])c3)[C@@H]3OC(C)(C)O[C@@H]3[C@@H]2O1. The molecule has 0 saturated carbocycles. The summed E-state index contributed by atoms with van der Waals surface area (Å²) >= 11 is 0. The standard InChI is InChI=1S/C20H25N3O9/c1-19(2)29-13-14(30-19)16-18(32-20(3,4)31-16)28-15(13)17(25)21-9-12(24)22-10-6-5-7-11(8-10)23(26)27/h5-8,13-16,18H,9H2,1-4H3,(H,21,25)(H,22,24)/t13-,14+,15+,16+,18+/m1/s1. The molecule has 12 nitrogen and oxygen atoms in total. The Morgan fingerprint density at radius 2 is 1.69 bits per heavy atom. The van der Waals surface area contributed by atoms with Gasteiger partial charge in [-0.25, -0.2) is 0 Å². The predicted octanol–water partition coefficient (Wildman–Crippen LogP) is 1.05. The second-order valence-corrected chi connectivity index (χ2v) is 8.66. The van der Waals surface area contributed by atoms with Crippen LogP contribution in [0.15, 0.2) is 24.3 Å². The van der Waals surface area contributed by atoms with E-state index < -0.39 is 59.0 Å². The highest BCUT2D eigenvalue weighted by Gasteiger charge is 2.62. The minimum atomic E-state index is -1.09. The third-order valence-electron chi connectivity index (χ3n) is 5.18. The van der Waals surface area contributed by atoms with Crippen LogP contribution >= 0.6 is 0 Å². The summed E-state index contributed by atoms with van der Waals surface area (Å²) in [6, 6.07) is 5.48. The van der Waals surface area contributed by atoms with Gasteiger partial charge in [0, 0.05) is 17.8 Å². The Hall–Kier alpha value is -2.64. The molecule has 3 aliphatic heterocycles. The number of amides is 2. The minimum Gasteiger partial charge on any atom is -0.345 e. The quantitative estimate of drug-likeness (QED) is 0.495. The summed E-state index contributed by atoms with van der Waals surface area (Å²) in [7, 11) is 0. The lowest BCUT2D eigenvalue weighted by Crippen LogP contribution is -2.59. The summed E-state index contributed by atoms with van der Waals surface area (Å²) < 4.78 is 29.3. The van der Waals surface area contributed by atoms with E-state index in [1.165, 1.54) is 24.3 Å². The number of nitro benzene ring substituents is 1. The first kappa shape index (κ1) is 22.6. The van der Waals surface area contributed by atoms with E-state index in [9.17, 15) is 19.7 Å². The largest absolute Gasteiger partial charge is 0.345 e. The first-order valence-corrected chi connectivity index (χ1v) is 10.1. The Kier molecular flexibility index (Phi) is 5.67. The molecule has 3 heterocycles. The average Bonchev–Trinajstić information content (AvgIpc) is 3.19. The first-order valence-electron chi connectivity index (χ1n) is 10.1. The first-order chi connectivity index (χ1) is 14.9. The lowest BCUT2D eigenvalue weighted by atomic mass is 9.98. The van der Waals surface area contributed by atoms with Crippen LogP contribution in [0.25, 0.3) is 0 Å². The van der Waals surface area contributed by atoms with Crippen LogP contribution in [0.2, 0.25) is 0 Å². The molecular weight excluding hydrogens is 426 g/mol. The van der Waals surface area contributed by atoms with E-state index in [0.29, 0.717) is 0 Å². The van der Waals surface area contributed by atoms with E-state index in [1.54, 1.807) is 27.7 Å². The van der Waals surface area contributed by atoms with E-state index in [2.05, 4.69) is 10.6 Å². The summed E-state index contributed by atoms with van der Waals surface area (Å²) in [6.45, 7) is 6.54. The number of carbonyl (C=O) groups is 2. The highest BCUT2D eigenvalue weighted by atomic mass is 16.9. The Morgan fingerprint density at radius 1 is 1.03 bits per heavy atom. The summed E-state index contributed by atoms with van der Waals surface area (Å²) in [6.07, 6.45) is -3.86. The van der Waals surface area contributed by atoms with Crippen LogP contribution in [0.5, 0.6) is 0 Å². The monoisotopic (exact) mass is 451 g/mol. The van der Waals surface area contributed by atoms with Crippen LogP contribution in [0.3, 0.4) is 0 Å². The molecule has 174 valence electrons. The van der Waals surface area contributed by atoms with E-state index >= 15 is 0 Å². The molecule has 4 rings (SSSR count). The van der Waals surface area contributed by atoms with Crippen molar-refractivity contribution in [1.82, 2.24) is 5.32 Å². The predicted molar refractivity (Wildman–Crippen MR) is 107 cm³/mol. The number of anilines is 1. The second-order valence-electron chi connectivity index (χ2n) is 8.66. The molecule has 3 saturated heterocycles. The van der Waals surface area contributed by atoms with Crippen molar-refractivity contribution in [2.24, 2.45) is 0 Å². The zero-order chi connectivity index (χ0) is 23.3. The van der Waals surface area contributed by atoms with E-state index in [0.717, 1.165) is 0 Å². The van der Waals surface area contributed by atoms with Gasteiger partial charge >= 0.3 is 0 Å². The molecule has 3 fully saturated rings. The number of non-ortho nitro benzene ring substituents is 1. The smallest absolute Gasteiger partial charge is 0.271 e. The number of rotatable bonds is 5. The number of nitrogens with one attached hydrogen (secondary N) is 2. The molecule has 2 N–H and O–H groups in total. The fraction of sp³-hybridized carbons (Fsp3) is 0.600. The van der Waals surface area contributed by atoms with Crippen molar-refractivity contribution in [2.45, 2.75) is 70.0 Å². The fourth-order valence-corrected chi connectivity index (χ4v) is 3.99. The zero-order valence-electron chi connectivity index (χ0n) is 18.0. The molecular formula is C20H25N3O9. The number of nitrogens with zero attached hydrogens (tertiary/aromatic N) is 1. The maximum Gasteiger partial charge on any atom is 0.271 e. The van der Waals surface area contributed by atoms with Crippen LogP contribution < -0.4 is 10.6 Å². The number of ether oxygens (including phenoxy) is 5. The van der Waals surface area contributed by atoms with Crippen molar-refractivity contribution in [2.75, 3.05) is 11.9 Å². The number of carbonyl (C=O) groups excluding carboxylic acids is 2. The Bertz CT molecular complexity index is 935. The van der Waals surface area contributed by atoms with Gasteiger partial charge in [-0.2, -0.15) is 0 Å². The van der Waals surface area contributed by atoms with Crippen LogP contribution in [-0.2, 0) is 33.3 Å². The van der Waals surface area contributed by atoms with Gasteiger partial charge in [0.1, 0.15) is 18.3 Å². The molecule has 0 spiro atoms. The molecule has 1 aromatic carbocycles. The van der Waals surface area contributed by atoms with Gasteiger partial charge in [-0.05, 0) is 33.8 Å². The van der Waals surface area contributed by atoms with Gasteiger partial charge in [0.2, 0.25) is 5.91 Å². The molecule has 0 aromatic heterocycles. The Labute approximate surface area is 183 Å². The highest BCUT2D eigenvalue weighted by molar-refractivity contribution is 5.95. The molecule has 12 heteroatoms. The van der Waals surface area contributed by atoms with Crippen molar-refractivity contribution in [3.05, 3.63) is 34.4 Å². The Morgan fingerprint density at radius 3 is 2.41 bits per heavy atom. The van der Waals surface area contributed by atoms with Crippen molar-refractivity contribution >= 4 is 23.2 Å². The van der Waals surface area contributed by atoms with Crippen molar-refractivity contribution < 1.29 is 38.2 Å². The molecule has 3 aliphatic rings. The van der Waals surface area contributed by atoms with Crippen LogP contribution in [0, 0.1) is 10.1 Å². The fourth-order valence-electron chi connectivity index (χ4n) is 3.99. The highest BCUT2D eigenvalue weighted by Crippen LogP contribution is 2.44. The number of benzene rings is 1. The van der Waals surface area contributed by atoms with Gasteiger partial charge in [-0.15, -0.1) is 0 Å². The van der Waals surface area contributed by atoms with E-state index in [1.807, 2.05) is 0 Å². The Balaban J connectivity index is 1.40. The molecule has 0 unspecified atom stereocenters. The van der Waals surface area contributed by atoms with Crippen molar-refractivity contribution in [3.63, 3.8) is 0 Å². The van der Waals surface area contributed by atoms with Gasteiger partial charge < -0.3 is 34.3 Å². The molecule has 2 amide bonds. The van der Waals surface area contributed by atoms with Crippen LogP contribution in [0.4, 0.5) is 11.4 Å². The topological polar surface area (TPSA) is 147 Å². The summed E-state index contributed by atoms with van der Waals surface area (Å²) in [4.78, 5) is 35.4. The van der Waals surface area contributed by atoms with Crippen LogP contribution in [-0.4, -0.2) is 65.6 Å². The van der Waals surface area contributed by atoms with Gasteiger partial charge in [0.25, 0.3) is 11.6 Å². The maximum absolute atomic E-state index is 12.9. The summed E-state index contributed by atoms with van der Waals surface area (Å²) in [5, 5.41) is 15.9. The number of hydrogen-bond donors (Lipinski definition) is 2. The number of hydrogen-bond acceptors (Lipinski definition) is 9. The van der Waals surface area contributed by atoms with Gasteiger partial charge in [0.15, 0.2) is 24.0 Å². The van der Waals surface area contributed by atoms with Gasteiger partial charge in [-0.3, -0.25) is 19.7 Å². The summed E-state index contributed by atoms with van der Waals surface area (Å²) in [5.41, 5.74) is 0.0778. The molecule has 0 bridgehead atoms. The van der Waals surface area contributed by atoms with Gasteiger partial charge in [0.05, 0.1) is 11.5 Å². The third-order valence-corrected chi connectivity index (χ3v) is 5.18. The summed E-state index contributed by atoms with van der Waals surface area (Å²) in [5.74, 6) is -3.02. The lowest BCUT2D eigenvalue weighted by Gasteiger charge is -2.36. The van der Waals surface area contributed by atoms with Crippen molar-refractivity contribution in [3.8, 4) is 0 Å². The zero-order valence-corrected chi connectivity index (χ0v) is 18.0. The van der Waals surface area contributed by atoms with E-state index in [4.69, 9.17) is 23.7 Å². The van der Waals surface area contributed by atoms with Crippen molar-refractivity contribution in [1.29, 1.82) is 0 Å². The molecule has 0 aliphatic carbocycles. The van der Waals surface area contributed by atoms with E-state index in [-0.39, 0.29) is 17.9 Å². The second kappa shape index (κ2) is 8.05. The minimum absolute atomic E-state index is 0.161. The molecule has 0 radical (unpaired) electrons. The molecule has 32 heavy (non-hydrogen) atoms. The van der Waals surface area contributed by atoms with Crippen LogP contribution in [0.1, 0.15) is 27.7 Å². The normalized spacial score (nSPS) is 31.9. The number of nitro groups is 1. The average molecular weight is 451 g/mol. The van der Waals surface area contributed by atoms with Gasteiger partial charge in [-0.1, -0.05) is 6.07 Å². The number of fused-ring (bicyclic) bond motifs is 3. The molecule has 1 aromatic rings. The third kappa shape index (κ3) is 4.59.